The number of benzene rings is 2. The van der Waals surface area contributed by atoms with Gasteiger partial charge in [-0.2, -0.15) is 0 Å². The van der Waals surface area contributed by atoms with Crippen molar-refractivity contribution >= 4 is 23.3 Å². The number of rotatable bonds is 4. The van der Waals surface area contributed by atoms with Crippen LogP contribution in [0.5, 0.6) is 0 Å². The van der Waals surface area contributed by atoms with E-state index in [1.54, 1.807) is 12.1 Å². The maximum Gasteiger partial charge on any atom is 0.338 e. The van der Waals surface area contributed by atoms with Crippen LogP contribution in [0, 0.1) is 5.82 Å². The van der Waals surface area contributed by atoms with Crippen molar-refractivity contribution in [3.63, 3.8) is 0 Å². The molecule has 2 N–H and O–H groups in total. The summed E-state index contributed by atoms with van der Waals surface area (Å²) in [5.41, 5.74) is 1.05. The van der Waals surface area contributed by atoms with Gasteiger partial charge < -0.3 is 10.4 Å². The Kier molecular flexibility index (Phi) is 4.02. The lowest BCUT2D eigenvalue weighted by atomic mass is 10.1. The zero-order valence-electron chi connectivity index (χ0n) is 9.86. The molecule has 0 bridgehead atoms. The minimum absolute atomic E-state index is 0.332. The second kappa shape index (κ2) is 5.71. The van der Waals surface area contributed by atoms with Gasteiger partial charge in [-0.05, 0) is 29.8 Å². The molecule has 2 rings (SSSR count). The Labute approximate surface area is 114 Å². The quantitative estimate of drug-likeness (QED) is 0.895. The van der Waals surface area contributed by atoms with Gasteiger partial charge in [-0.1, -0.05) is 29.8 Å². The molecule has 0 aliphatic carbocycles. The van der Waals surface area contributed by atoms with Crippen LogP contribution in [0.1, 0.15) is 15.9 Å². The number of hydrogen-bond acceptors (Lipinski definition) is 2. The fourth-order valence-electron chi connectivity index (χ4n) is 1.64. The topological polar surface area (TPSA) is 49.3 Å². The summed E-state index contributed by atoms with van der Waals surface area (Å²) in [4.78, 5) is 10.7. The molecule has 0 saturated heterocycles. The Balaban J connectivity index is 2.11. The summed E-state index contributed by atoms with van der Waals surface area (Å²) in [6.07, 6.45) is 0. The Bertz CT molecular complexity index is 616. The zero-order valence-corrected chi connectivity index (χ0v) is 10.6. The molecule has 0 heterocycles. The largest absolute Gasteiger partial charge is 0.478 e. The van der Waals surface area contributed by atoms with Crippen molar-refractivity contribution in [2.45, 2.75) is 6.54 Å². The molecule has 0 aliphatic heterocycles. The van der Waals surface area contributed by atoms with Gasteiger partial charge in [0.15, 0.2) is 0 Å². The third-order valence-electron chi connectivity index (χ3n) is 2.62. The van der Waals surface area contributed by atoms with Crippen LogP contribution in [0.25, 0.3) is 0 Å². The number of hydrogen-bond donors (Lipinski definition) is 2. The maximum absolute atomic E-state index is 13.5. The Hall–Kier alpha value is -2.07. The lowest BCUT2D eigenvalue weighted by Crippen LogP contribution is -2.04. The van der Waals surface area contributed by atoms with E-state index in [1.807, 2.05) is 18.2 Å². The summed E-state index contributed by atoms with van der Waals surface area (Å²) in [5.74, 6) is -2.02. The van der Waals surface area contributed by atoms with Crippen LogP contribution < -0.4 is 5.32 Å². The Morgan fingerprint density at radius 3 is 2.63 bits per heavy atom. The van der Waals surface area contributed by atoms with Crippen molar-refractivity contribution in [3.05, 3.63) is 64.4 Å². The fraction of sp³-hybridized carbons (Fsp3) is 0.0714. The first-order valence-electron chi connectivity index (χ1n) is 5.58. The molecule has 0 aromatic heterocycles. The average molecular weight is 280 g/mol. The van der Waals surface area contributed by atoms with Gasteiger partial charge in [-0.15, -0.1) is 0 Å². The molecule has 98 valence electrons. The van der Waals surface area contributed by atoms with Gasteiger partial charge in [-0.3, -0.25) is 0 Å². The van der Waals surface area contributed by atoms with Gasteiger partial charge in [-0.25, -0.2) is 9.18 Å². The van der Waals surface area contributed by atoms with E-state index in [0.29, 0.717) is 17.1 Å². The van der Waals surface area contributed by atoms with E-state index < -0.39 is 11.8 Å². The van der Waals surface area contributed by atoms with Crippen LogP contribution in [0.3, 0.4) is 0 Å². The Morgan fingerprint density at radius 1 is 1.26 bits per heavy atom. The molecule has 0 unspecified atom stereocenters. The molecule has 2 aromatic carbocycles. The molecule has 19 heavy (non-hydrogen) atoms. The van der Waals surface area contributed by atoms with Crippen molar-refractivity contribution < 1.29 is 14.3 Å². The smallest absolute Gasteiger partial charge is 0.338 e. The molecule has 0 amide bonds. The van der Waals surface area contributed by atoms with Gasteiger partial charge in [0.1, 0.15) is 5.82 Å². The van der Waals surface area contributed by atoms with Gasteiger partial charge in [0.25, 0.3) is 0 Å². The van der Waals surface area contributed by atoms with Crippen molar-refractivity contribution in [3.8, 4) is 0 Å². The van der Waals surface area contributed by atoms with Crippen LogP contribution in [0.2, 0.25) is 5.02 Å². The van der Waals surface area contributed by atoms with Crippen molar-refractivity contribution in [1.82, 2.24) is 0 Å². The SMILES string of the molecule is O=C(O)c1ccc(CNc2ccccc2Cl)cc1F. The van der Waals surface area contributed by atoms with E-state index in [9.17, 15) is 9.18 Å². The van der Waals surface area contributed by atoms with Crippen LogP contribution in [0.15, 0.2) is 42.5 Å². The van der Waals surface area contributed by atoms with Crippen molar-refractivity contribution in [2.24, 2.45) is 0 Å². The minimum atomic E-state index is -1.27. The molecule has 5 heteroatoms. The van der Waals surface area contributed by atoms with Gasteiger partial charge >= 0.3 is 5.97 Å². The molecular formula is C14H11ClFNO2. The van der Waals surface area contributed by atoms with Crippen molar-refractivity contribution in [2.75, 3.05) is 5.32 Å². The van der Waals surface area contributed by atoms with Gasteiger partial charge in [0, 0.05) is 6.54 Å². The van der Waals surface area contributed by atoms with E-state index in [4.69, 9.17) is 16.7 Å². The highest BCUT2D eigenvalue weighted by Gasteiger charge is 2.10. The number of nitrogens with one attached hydrogen (secondary N) is 1. The number of halogens is 2. The summed E-state index contributed by atoms with van der Waals surface area (Å²) in [6.45, 7) is 0.362. The summed E-state index contributed by atoms with van der Waals surface area (Å²) >= 11 is 5.97. The van der Waals surface area contributed by atoms with E-state index in [-0.39, 0.29) is 5.56 Å². The lowest BCUT2D eigenvalue weighted by molar-refractivity contribution is 0.0692. The molecule has 2 aromatic rings. The van der Waals surface area contributed by atoms with E-state index in [2.05, 4.69) is 5.32 Å². The maximum atomic E-state index is 13.5. The zero-order chi connectivity index (χ0) is 13.8. The first-order chi connectivity index (χ1) is 9.08. The first kappa shape index (κ1) is 13.4. The third-order valence-corrected chi connectivity index (χ3v) is 2.95. The van der Waals surface area contributed by atoms with E-state index >= 15 is 0 Å². The van der Waals surface area contributed by atoms with Crippen molar-refractivity contribution in [1.29, 1.82) is 0 Å². The molecule has 0 aliphatic rings. The predicted octanol–water partition coefficient (Wildman–Crippen LogP) is 3.79. The van der Waals surface area contributed by atoms with Crippen LogP contribution in [-0.4, -0.2) is 11.1 Å². The fourth-order valence-corrected chi connectivity index (χ4v) is 1.85. The van der Waals surface area contributed by atoms with Gasteiger partial charge in [0.2, 0.25) is 0 Å². The number of carboxylic acids is 1. The second-order valence-electron chi connectivity index (χ2n) is 3.95. The first-order valence-corrected chi connectivity index (χ1v) is 5.96. The molecule has 0 radical (unpaired) electrons. The van der Waals surface area contributed by atoms with Crippen LogP contribution in [-0.2, 0) is 6.54 Å². The summed E-state index contributed by atoms with van der Waals surface area (Å²) < 4.78 is 13.5. The highest BCUT2D eigenvalue weighted by Crippen LogP contribution is 2.21. The molecule has 3 nitrogen and oxygen atoms in total. The number of carbonyl (C=O) groups is 1. The monoisotopic (exact) mass is 279 g/mol. The van der Waals surface area contributed by atoms with E-state index in [1.165, 1.54) is 12.1 Å². The number of para-hydroxylation sites is 1. The number of anilines is 1. The molecule has 0 spiro atoms. The average Bonchev–Trinajstić information content (AvgIpc) is 2.37. The summed E-state index contributed by atoms with van der Waals surface area (Å²) in [7, 11) is 0. The predicted molar refractivity (Wildman–Crippen MR) is 72.1 cm³/mol. The van der Waals surface area contributed by atoms with E-state index in [0.717, 1.165) is 5.69 Å². The highest BCUT2D eigenvalue weighted by atomic mass is 35.5. The number of aromatic carboxylic acids is 1. The molecule has 0 fully saturated rings. The van der Waals surface area contributed by atoms with Crippen LogP contribution >= 0.6 is 11.6 Å². The standard InChI is InChI=1S/C14H11ClFNO2/c15-11-3-1-2-4-13(11)17-8-9-5-6-10(14(18)19)12(16)7-9/h1-7,17H,8H2,(H,18,19). The normalized spacial score (nSPS) is 10.2. The Morgan fingerprint density at radius 2 is 2.00 bits per heavy atom. The third kappa shape index (κ3) is 3.23. The second-order valence-corrected chi connectivity index (χ2v) is 4.36. The minimum Gasteiger partial charge on any atom is -0.478 e. The summed E-state index contributed by atoms with van der Waals surface area (Å²) in [5, 5.41) is 12.4. The van der Waals surface area contributed by atoms with Gasteiger partial charge in [0.05, 0.1) is 16.3 Å². The lowest BCUT2D eigenvalue weighted by Gasteiger charge is -2.08. The highest BCUT2D eigenvalue weighted by molar-refractivity contribution is 6.33. The van der Waals surface area contributed by atoms with Crippen LogP contribution in [0.4, 0.5) is 10.1 Å². The number of carboxylic acid groups (broad SMARTS) is 1. The molecule has 0 atom stereocenters. The summed E-state index contributed by atoms with van der Waals surface area (Å²) in [6, 6.07) is 11.2. The molecule has 0 saturated carbocycles. The molecular weight excluding hydrogens is 269 g/mol.